The van der Waals surface area contributed by atoms with Crippen LogP contribution in [-0.4, -0.2) is 23.9 Å². The molecule has 0 bridgehead atoms. The minimum absolute atomic E-state index is 0.0199. The van der Waals surface area contributed by atoms with Gasteiger partial charge in [0.05, 0.1) is 11.1 Å². The second-order valence-corrected chi connectivity index (χ2v) is 6.79. The van der Waals surface area contributed by atoms with Gasteiger partial charge in [-0.3, -0.25) is 4.79 Å². The molecule has 0 aromatic heterocycles. The average molecular weight is 369 g/mol. The molecule has 0 aliphatic rings. The van der Waals surface area contributed by atoms with Gasteiger partial charge in [0.1, 0.15) is 0 Å². The van der Waals surface area contributed by atoms with Gasteiger partial charge >= 0.3 is 12.4 Å². The lowest BCUT2D eigenvalue weighted by Gasteiger charge is -2.27. The van der Waals surface area contributed by atoms with Crippen molar-refractivity contribution in [3.05, 3.63) is 34.9 Å². The molecule has 0 aliphatic carbocycles. The Bertz CT molecular complexity index is 562. The first-order valence-electron chi connectivity index (χ1n) is 7.80. The van der Waals surface area contributed by atoms with Crippen molar-refractivity contribution >= 4 is 5.91 Å². The largest absolute Gasteiger partial charge is 0.416 e. The number of rotatable bonds is 5. The molecular formula is C17H21F6NO. The number of alkyl halides is 6. The van der Waals surface area contributed by atoms with Crippen molar-refractivity contribution in [1.29, 1.82) is 0 Å². The van der Waals surface area contributed by atoms with E-state index in [4.69, 9.17) is 0 Å². The molecule has 0 heterocycles. The molecule has 0 radical (unpaired) electrons. The zero-order valence-electron chi connectivity index (χ0n) is 14.4. The Kier molecular flexibility index (Phi) is 6.53. The summed E-state index contributed by atoms with van der Waals surface area (Å²) in [6.07, 6.45) is -9.95. The molecule has 142 valence electrons. The molecule has 1 aromatic rings. The third-order valence-corrected chi connectivity index (χ3v) is 3.29. The lowest BCUT2D eigenvalue weighted by atomic mass is 10.0. The standard InChI is InChI=1S/C17H21F6NO/c1-10(2)8-24(9-11(3)4)15(25)12-5-13(16(18,19)20)7-14(6-12)17(21,22)23/h5-7,10-11H,8-9H2,1-4H3. The first-order valence-corrected chi connectivity index (χ1v) is 7.80. The molecular weight excluding hydrogens is 348 g/mol. The van der Waals surface area contributed by atoms with E-state index in [9.17, 15) is 31.1 Å². The van der Waals surface area contributed by atoms with Gasteiger partial charge < -0.3 is 4.90 Å². The maximum Gasteiger partial charge on any atom is 0.416 e. The van der Waals surface area contributed by atoms with Crippen LogP contribution in [0.5, 0.6) is 0 Å². The van der Waals surface area contributed by atoms with Gasteiger partial charge in [-0.2, -0.15) is 26.3 Å². The van der Waals surface area contributed by atoms with Crippen molar-refractivity contribution in [3.63, 3.8) is 0 Å². The Morgan fingerprint density at radius 1 is 0.840 bits per heavy atom. The quantitative estimate of drug-likeness (QED) is 0.630. The van der Waals surface area contributed by atoms with Crippen LogP contribution in [0.2, 0.25) is 0 Å². The summed E-state index contributed by atoms with van der Waals surface area (Å²) in [5.74, 6) is -0.787. The van der Waals surface area contributed by atoms with E-state index in [0.29, 0.717) is 12.1 Å². The summed E-state index contributed by atoms with van der Waals surface area (Å²) in [4.78, 5) is 13.9. The van der Waals surface area contributed by atoms with Gasteiger partial charge in [-0.25, -0.2) is 0 Å². The van der Waals surface area contributed by atoms with Gasteiger partial charge in [-0.1, -0.05) is 27.7 Å². The second-order valence-electron chi connectivity index (χ2n) is 6.79. The highest BCUT2D eigenvalue weighted by Crippen LogP contribution is 2.36. The minimum atomic E-state index is -4.97. The summed E-state index contributed by atoms with van der Waals surface area (Å²) in [6.45, 7) is 7.74. The smallest absolute Gasteiger partial charge is 0.338 e. The van der Waals surface area contributed by atoms with Crippen LogP contribution >= 0.6 is 0 Å². The topological polar surface area (TPSA) is 20.3 Å². The molecule has 2 nitrogen and oxygen atoms in total. The SMILES string of the molecule is CC(C)CN(CC(C)C)C(=O)c1cc(C(F)(F)F)cc(C(F)(F)F)c1. The van der Waals surface area contributed by atoms with Crippen molar-refractivity contribution in [2.45, 2.75) is 40.0 Å². The van der Waals surface area contributed by atoms with Crippen LogP contribution < -0.4 is 0 Å². The number of hydrogen-bond donors (Lipinski definition) is 0. The highest BCUT2D eigenvalue weighted by atomic mass is 19.4. The summed E-state index contributed by atoms with van der Waals surface area (Å²) < 4.78 is 77.6. The predicted octanol–water partition coefficient (Wildman–Crippen LogP) is 5.48. The number of halogens is 6. The molecule has 8 heteroatoms. The molecule has 0 spiro atoms. The van der Waals surface area contributed by atoms with Crippen LogP contribution in [-0.2, 0) is 12.4 Å². The Morgan fingerprint density at radius 3 is 1.48 bits per heavy atom. The van der Waals surface area contributed by atoms with Gasteiger partial charge in [-0.15, -0.1) is 0 Å². The van der Waals surface area contributed by atoms with Gasteiger partial charge in [0, 0.05) is 18.7 Å². The van der Waals surface area contributed by atoms with E-state index in [1.165, 1.54) is 4.90 Å². The Balaban J connectivity index is 3.39. The molecule has 0 N–H and O–H groups in total. The van der Waals surface area contributed by atoms with E-state index >= 15 is 0 Å². The average Bonchev–Trinajstić information content (AvgIpc) is 2.42. The van der Waals surface area contributed by atoms with Gasteiger partial charge in [0.25, 0.3) is 5.91 Å². The van der Waals surface area contributed by atoms with E-state index in [1.54, 1.807) is 0 Å². The lowest BCUT2D eigenvalue weighted by molar-refractivity contribution is -0.143. The fourth-order valence-corrected chi connectivity index (χ4v) is 2.38. The molecule has 0 saturated carbocycles. The first-order chi connectivity index (χ1) is 11.2. The monoisotopic (exact) mass is 369 g/mol. The normalized spacial score (nSPS) is 12.8. The molecule has 0 fully saturated rings. The van der Waals surface area contributed by atoms with Crippen molar-refractivity contribution in [3.8, 4) is 0 Å². The van der Waals surface area contributed by atoms with E-state index in [2.05, 4.69) is 0 Å². The minimum Gasteiger partial charge on any atom is -0.338 e. The molecule has 0 saturated heterocycles. The summed E-state index contributed by atoms with van der Waals surface area (Å²) in [5, 5.41) is 0. The molecule has 0 unspecified atom stereocenters. The number of amides is 1. The number of carbonyl (C=O) groups is 1. The fourth-order valence-electron chi connectivity index (χ4n) is 2.38. The summed E-state index contributed by atoms with van der Waals surface area (Å²) in [5.41, 5.74) is -3.58. The fraction of sp³-hybridized carbons (Fsp3) is 0.588. The van der Waals surface area contributed by atoms with Crippen molar-refractivity contribution < 1.29 is 31.1 Å². The third kappa shape index (κ3) is 6.25. The zero-order chi connectivity index (χ0) is 19.6. The summed E-state index contributed by atoms with van der Waals surface area (Å²) in [7, 11) is 0. The molecule has 25 heavy (non-hydrogen) atoms. The van der Waals surface area contributed by atoms with E-state index < -0.39 is 35.0 Å². The van der Waals surface area contributed by atoms with Crippen LogP contribution in [0.1, 0.15) is 49.2 Å². The van der Waals surface area contributed by atoms with Crippen molar-refractivity contribution in [1.82, 2.24) is 4.90 Å². The molecule has 1 amide bonds. The predicted molar refractivity (Wildman–Crippen MR) is 82.0 cm³/mol. The van der Waals surface area contributed by atoms with E-state index in [1.807, 2.05) is 27.7 Å². The van der Waals surface area contributed by atoms with Gasteiger partial charge in [0.2, 0.25) is 0 Å². The van der Waals surface area contributed by atoms with Crippen LogP contribution in [0.3, 0.4) is 0 Å². The summed E-state index contributed by atoms with van der Waals surface area (Å²) >= 11 is 0. The highest BCUT2D eigenvalue weighted by molar-refractivity contribution is 5.94. The maximum atomic E-state index is 12.9. The Hall–Kier alpha value is -1.73. The first kappa shape index (κ1) is 21.3. The van der Waals surface area contributed by atoms with Gasteiger partial charge in [0.15, 0.2) is 0 Å². The van der Waals surface area contributed by atoms with Crippen LogP contribution in [0, 0.1) is 11.8 Å². The van der Waals surface area contributed by atoms with Crippen LogP contribution in [0.25, 0.3) is 0 Å². The van der Waals surface area contributed by atoms with Crippen LogP contribution in [0.4, 0.5) is 26.3 Å². The number of nitrogens with zero attached hydrogens (tertiary/aromatic N) is 1. The molecule has 0 atom stereocenters. The summed E-state index contributed by atoms with van der Waals surface area (Å²) in [6, 6.07) is 0.975. The van der Waals surface area contributed by atoms with E-state index in [0.717, 1.165) is 0 Å². The Morgan fingerprint density at radius 2 is 1.20 bits per heavy atom. The van der Waals surface area contributed by atoms with Crippen molar-refractivity contribution in [2.75, 3.05) is 13.1 Å². The third-order valence-electron chi connectivity index (χ3n) is 3.29. The number of carbonyl (C=O) groups excluding carboxylic acids is 1. The molecule has 0 aliphatic heterocycles. The van der Waals surface area contributed by atoms with Crippen molar-refractivity contribution in [2.24, 2.45) is 11.8 Å². The second kappa shape index (κ2) is 7.66. The molecule has 1 rings (SSSR count). The van der Waals surface area contributed by atoms with Gasteiger partial charge in [-0.05, 0) is 30.0 Å². The zero-order valence-corrected chi connectivity index (χ0v) is 14.4. The maximum absolute atomic E-state index is 12.9. The van der Waals surface area contributed by atoms with E-state index in [-0.39, 0.29) is 31.0 Å². The lowest BCUT2D eigenvalue weighted by Crippen LogP contribution is -2.37. The number of benzene rings is 1. The molecule has 1 aromatic carbocycles. The van der Waals surface area contributed by atoms with Crippen LogP contribution in [0.15, 0.2) is 18.2 Å². The number of hydrogen-bond acceptors (Lipinski definition) is 1. The Labute approximate surface area is 142 Å². The highest BCUT2D eigenvalue weighted by Gasteiger charge is 2.38.